The lowest BCUT2D eigenvalue weighted by Gasteiger charge is -2.31. The molecule has 0 spiro atoms. The van der Waals surface area contributed by atoms with Crippen LogP contribution in [0, 0.1) is 11.3 Å². The highest BCUT2D eigenvalue weighted by Gasteiger charge is 2.30. The molecule has 1 aromatic rings. The van der Waals surface area contributed by atoms with Crippen LogP contribution in [0.5, 0.6) is 0 Å². The predicted molar refractivity (Wildman–Crippen MR) is 83.1 cm³/mol. The number of carbonyl (C=O) groups is 1. The minimum atomic E-state index is -0.989. The number of benzene rings is 1. The molecule has 0 saturated carbocycles. The Labute approximate surface area is 125 Å². The Morgan fingerprint density at radius 1 is 1.52 bits per heavy atom. The third kappa shape index (κ3) is 3.25. The molecule has 0 amide bonds. The SMILES string of the molecule is CCC1CCC(C)N1c1ccc(/C=C/C(=O)O)cc1C#N. The van der Waals surface area contributed by atoms with Crippen LogP contribution in [0.1, 0.15) is 44.2 Å². The van der Waals surface area contributed by atoms with Crippen molar-refractivity contribution < 1.29 is 9.90 Å². The van der Waals surface area contributed by atoms with Crippen LogP contribution in [-0.2, 0) is 4.79 Å². The van der Waals surface area contributed by atoms with E-state index in [-0.39, 0.29) is 0 Å². The highest BCUT2D eigenvalue weighted by molar-refractivity contribution is 5.85. The summed E-state index contributed by atoms with van der Waals surface area (Å²) in [7, 11) is 0. The first-order valence-corrected chi connectivity index (χ1v) is 7.30. The average molecular weight is 284 g/mol. The molecule has 1 aliphatic rings. The number of hydrogen-bond donors (Lipinski definition) is 1. The summed E-state index contributed by atoms with van der Waals surface area (Å²) in [5, 5.41) is 18.1. The second kappa shape index (κ2) is 6.45. The van der Waals surface area contributed by atoms with Crippen molar-refractivity contribution >= 4 is 17.7 Å². The van der Waals surface area contributed by atoms with Crippen molar-refractivity contribution in [1.82, 2.24) is 0 Å². The van der Waals surface area contributed by atoms with Crippen molar-refractivity contribution in [3.63, 3.8) is 0 Å². The van der Waals surface area contributed by atoms with Gasteiger partial charge in [-0.2, -0.15) is 5.26 Å². The van der Waals surface area contributed by atoms with E-state index in [1.807, 2.05) is 12.1 Å². The highest BCUT2D eigenvalue weighted by atomic mass is 16.4. The number of carboxylic acids is 1. The lowest BCUT2D eigenvalue weighted by molar-refractivity contribution is -0.131. The Bertz CT molecular complexity index is 601. The fourth-order valence-corrected chi connectivity index (χ4v) is 3.05. The summed E-state index contributed by atoms with van der Waals surface area (Å²) < 4.78 is 0. The molecular formula is C17H20N2O2. The van der Waals surface area contributed by atoms with Gasteiger partial charge < -0.3 is 10.0 Å². The molecule has 2 atom stereocenters. The Kier molecular flexibility index (Phi) is 4.64. The van der Waals surface area contributed by atoms with Gasteiger partial charge in [-0.15, -0.1) is 0 Å². The maximum absolute atomic E-state index is 10.6. The van der Waals surface area contributed by atoms with Crippen LogP contribution >= 0.6 is 0 Å². The van der Waals surface area contributed by atoms with E-state index < -0.39 is 5.97 Å². The van der Waals surface area contributed by atoms with E-state index in [2.05, 4.69) is 24.8 Å². The van der Waals surface area contributed by atoms with Gasteiger partial charge in [0.05, 0.1) is 11.3 Å². The van der Waals surface area contributed by atoms with Crippen molar-refractivity contribution in [3.05, 3.63) is 35.4 Å². The number of hydrogen-bond acceptors (Lipinski definition) is 3. The Hall–Kier alpha value is -2.28. The van der Waals surface area contributed by atoms with Gasteiger partial charge >= 0.3 is 5.97 Å². The van der Waals surface area contributed by atoms with Gasteiger partial charge in [-0.05, 0) is 50.0 Å². The standard InChI is InChI=1S/C17H20N2O2/c1-3-15-7-4-12(2)19(15)16-8-5-13(6-9-17(20)21)10-14(16)11-18/h5-6,8-10,12,15H,3-4,7H2,1-2H3,(H,20,21)/b9-6+. The zero-order valence-electron chi connectivity index (χ0n) is 12.4. The van der Waals surface area contributed by atoms with Crippen LogP contribution in [0.15, 0.2) is 24.3 Å². The van der Waals surface area contributed by atoms with Crippen molar-refractivity contribution in [1.29, 1.82) is 5.26 Å². The maximum atomic E-state index is 10.6. The van der Waals surface area contributed by atoms with Gasteiger partial charge in [-0.1, -0.05) is 13.0 Å². The molecule has 1 saturated heterocycles. The molecule has 0 bridgehead atoms. The molecule has 1 heterocycles. The molecular weight excluding hydrogens is 264 g/mol. The Balaban J connectivity index is 2.37. The van der Waals surface area contributed by atoms with E-state index in [9.17, 15) is 10.1 Å². The zero-order chi connectivity index (χ0) is 15.4. The van der Waals surface area contributed by atoms with E-state index in [4.69, 9.17) is 5.11 Å². The van der Waals surface area contributed by atoms with Gasteiger partial charge in [-0.25, -0.2) is 4.79 Å². The van der Waals surface area contributed by atoms with Crippen LogP contribution < -0.4 is 4.90 Å². The summed E-state index contributed by atoms with van der Waals surface area (Å²) in [6.07, 6.45) is 5.96. The predicted octanol–water partition coefficient (Wildman–Crippen LogP) is 3.42. The van der Waals surface area contributed by atoms with Gasteiger partial charge in [0.25, 0.3) is 0 Å². The van der Waals surface area contributed by atoms with E-state index in [0.29, 0.717) is 17.6 Å². The molecule has 1 aromatic carbocycles. The molecule has 0 radical (unpaired) electrons. The van der Waals surface area contributed by atoms with Crippen LogP contribution in [-0.4, -0.2) is 23.2 Å². The van der Waals surface area contributed by atoms with Crippen molar-refractivity contribution in [2.24, 2.45) is 0 Å². The lowest BCUT2D eigenvalue weighted by atomic mass is 10.1. The quantitative estimate of drug-likeness (QED) is 0.860. The van der Waals surface area contributed by atoms with Crippen LogP contribution in [0.2, 0.25) is 0 Å². The number of aliphatic carboxylic acids is 1. The molecule has 1 aliphatic heterocycles. The van der Waals surface area contributed by atoms with E-state index in [1.165, 1.54) is 6.08 Å². The van der Waals surface area contributed by atoms with Gasteiger partial charge in [0.1, 0.15) is 6.07 Å². The second-order valence-electron chi connectivity index (χ2n) is 5.46. The van der Waals surface area contributed by atoms with Crippen LogP contribution in [0.25, 0.3) is 6.08 Å². The zero-order valence-corrected chi connectivity index (χ0v) is 12.4. The Morgan fingerprint density at radius 3 is 2.90 bits per heavy atom. The van der Waals surface area contributed by atoms with Gasteiger partial charge in [0.15, 0.2) is 0 Å². The summed E-state index contributed by atoms with van der Waals surface area (Å²) in [5.41, 5.74) is 2.30. The molecule has 2 unspecified atom stereocenters. The number of nitrogens with zero attached hydrogens (tertiary/aromatic N) is 2. The smallest absolute Gasteiger partial charge is 0.328 e. The van der Waals surface area contributed by atoms with Crippen molar-refractivity contribution in [3.8, 4) is 6.07 Å². The largest absolute Gasteiger partial charge is 0.478 e. The third-order valence-electron chi connectivity index (χ3n) is 4.09. The Morgan fingerprint density at radius 2 is 2.29 bits per heavy atom. The molecule has 1 fully saturated rings. The van der Waals surface area contributed by atoms with Crippen molar-refractivity contribution in [2.75, 3.05) is 4.90 Å². The monoisotopic (exact) mass is 284 g/mol. The molecule has 1 N–H and O–H groups in total. The van der Waals surface area contributed by atoms with Gasteiger partial charge in [-0.3, -0.25) is 0 Å². The number of carboxylic acid groups (broad SMARTS) is 1. The summed E-state index contributed by atoms with van der Waals surface area (Å²) in [5.74, 6) is -0.989. The normalized spacial score (nSPS) is 21.7. The topological polar surface area (TPSA) is 64.3 Å². The van der Waals surface area contributed by atoms with Crippen LogP contribution in [0.4, 0.5) is 5.69 Å². The molecule has 2 rings (SSSR count). The fourth-order valence-electron chi connectivity index (χ4n) is 3.05. The third-order valence-corrected chi connectivity index (χ3v) is 4.09. The molecule has 21 heavy (non-hydrogen) atoms. The van der Waals surface area contributed by atoms with Gasteiger partial charge in [0, 0.05) is 18.2 Å². The first-order chi connectivity index (χ1) is 10.1. The number of nitriles is 1. The fraction of sp³-hybridized carbons (Fsp3) is 0.412. The van der Waals surface area contributed by atoms with Gasteiger partial charge in [0.2, 0.25) is 0 Å². The van der Waals surface area contributed by atoms with E-state index in [0.717, 1.165) is 36.6 Å². The summed E-state index contributed by atoms with van der Waals surface area (Å²) in [4.78, 5) is 12.9. The molecule has 110 valence electrons. The van der Waals surface area contributed by atoms with Crippen molar-refractivity contribution in [2.45, 2.75) is 45.2 Å². The highest BCUT2D eigenvalue weighted by Crippen LogP contribution is 2.34. The molecule has 4 nitrogen and oxygen atoms in total. The maximum Gasteiger partial charge on any atom is 0.328 e. The molecule has 0 aromatic heterocycles. The first-order valence-electron chi connectivity index (χ1n) is 7.30. The minimum absolute atomic E-state index is 0.433. The summed E-state index contributed by atoms with van der Waals surface area (Å²) in [6, 6.07) is 8.71. The first kappa shape index (κ1) is 15.1. The van der Waals surface area contributed by atoms with E-state index in [1.54, 1.807) is 6.07 Å². The summed E-state index contributed by atoms with van der Waals surface area (Å²) in [6.45, 7) is 4.36. The number of rotatable bonds is 4. The lowest BCUT2D eigenvalue weighted by Crippen LogP contribution is -2.34. The summed E-state index contributed by atoms with van der Waals surface area (Å²) >= 11 is 0. The minimum Gasteiger partial charge on any atom is -0.478 e. The molecule has 0 aliphatic carbocycles. The second-order valence-corrected chi connectivity index (χ2v) is 5.46. The van der Waals surface area contributed by atoms with Crippen LogP contribution in [0.3, 0.4) is 0 Å². The van der Waals surface area contributed by atoms with E-state index >= 15 is 0 Å². The molecule has 4 heteroatoms. The number of anilines is 1. The average Bonchev–Trinajstić information content (AvgIpc) is 2.85.